The number of aliphatic hydroxyl groups excluding tert-OH is 1. The Balaban J connectivity index is 2.30. The van der Waals surface area contributed by atoms with Gasteiger partial charge in [0.25, 0.3) is 0 Å². The highest BCUT2D eigenvalue weighted by atomic mass is 32.2. The summed E-state index contributed by atoms with van der Waals surface area (Å²) in [4.78, 5) is -0.287. The number of sulfonamides is 1. The van der Waals surface area contributed by atoms with Crippen molar-refractivity contribution in [3.05, 3.63) is 24.3 Å². The molecule has 1 aliphatic rings. The van der Waals surface area contributed by atoms with Crippen LogP contribution >= 0.6 is 0 Å². The summed E-state index contributed by atoms with van der Waals surface area (Å²) in [5.41, 5.74) is 0. The van der Waals surface area contributed by atoms with Gasteiger partial charge in [-0.05, 0) is 25.0 Å². The molecule has 5 nitrogen and oxygen atoms in total. The SMILES string of the molecule is O=S(=O)(c1cccc(OC(F)(F)F)c1)N1CCC[C@H]1CO. The summed E-state index contributed by atoms with van der Waals surface area (Å²) in [6.45, 7) is -0.0874. The number of halogens is 3. The van der Waals surface area contributed by atoms with E-state index in [9.17, 15) is 26.7 Å². The number of hydrogen-bond acceptors (Lipinski definition) is 4. The van der Waals surface area contributed by atoms with E-state index in [1.165, 1.54) is 12.1 Å². The van der Waals surface area contributed by atoms with Crippen molar-refractivity contribution in [3.8, 4) is 5.75 Å². The molecule has 1 heterocycles. The lowest BCUT2D eigenvalue weighted by atomic mass is 10.2. The van der Waals surface area contributed by atoms with Crippen molar-refractivity contribution in [2.45, 2.75) is 30.1 Å². The van der Waals surface area contributed by atoms with Crippen molar-refractivity contribution >= 4 is 10.0 Å². The van der Waals surface area contributed by atoms with Crippen molar-refractivity contribution in [2.24, 2.45) is 0 Å². The molecule has 1 saturated heterocycles. The molecule has 21 heavy (non-hydrogen) atoms. The van der Waals surface area contributed by atoms with Crippen molar-refractivity contribution in [1.82, 2.24) is 4.31 Å². The van der Waals surface area contributed by atoms with Crippen LogP contribution in [-0.2, 0) is 10.0 Å². The van der Waals surface area contributed by atoms with Crippen LogP contribution in [0.2, 0.25) is 0 Å². The summed E-state index contributed by atoms with van der Waals surface area (Å²) in [6.07, 6.45) is -3.76. The van der Waals surface area contributed by atoms with Crippen LogP contribution in [0.1, 0.15) is 12.8 Å². The maximum atomic E-state index is 12.4. The fraction of sp³-hybridized carbons (Fsp3) is 0.500. The van der Waals surface area contributed by atoms with Gasteiger partial charge >= 0.3 is 6.36 Å². The van der Waals surface area contributed by atoms with Gasteiger partial charge in [-0.2, -0.15) is 4.31 Å². The molecule has 0 unspecified atom stereocenters. The van der Waals surface area contributed by atoms with Gasteiger partial charge in [0.2, 0.25) is 10.0 Å². The molecule has 1 aromatic carbocycles. The second kappa shape index (κ2) is 5.82. The molecule has 9 heteroatoms. The maximum absolute atomic E-state index is 12.4. The highest BCUT2D eigenvalue weighted by molar-refractivity contribution is 7.89. The first-order chi connectivity index (χ1) is 9.74. The minimum atomic E-state index is -4.89. The molecule has 1 aliphatic heterocycles. The Kier molecular flexibility index (Phi) is 4.45. The summed E-state index contributed by atoms with van der Waals surface area (Å²) >= 11 is 0. The zero-order valence-electron chi connectivity index (χ0n) is 10.9. The molecular formula is C12H14F3NO4S. The van der Waals surface area contributed by atoms with Crippen molar-refractivity contribution in [3.63, 3.8) is 0 Å². The fourth-order valence-corrected chi connectivity index (χ4v) is 4.00. The van der Waals surface area contributed by atoms with E-state index in [-0.39, 0.29) is 18.0 Å². The van der Waals surface area contributed by atoms with Gasteiger partial charge in [-0.1, -0.05) is 6.07 Å². The molecule has 1 atom stereocenters. The molecule has 1 N–H and O–H groups in total. The number of benzene rings is 1. The molecule has 0 spiro atoms. The van der Waals surface area contributed by atoms with E-state index in [4.69, 9.17) is 0 Å². The molecular weight excluding hydrogens is 311 g/mol. The molecule has 0 saturated carbocycles. The third kappa shape index (κ3) is 3.66. The second-order valence-electron chi connectivity index (χ2n) is 4.62. The van der Waals surface area contributed by atoms with Gasteiger partial charge in [0.15, 0.2) is 0 Å². The molecule has 0 aromatic heterocycles. The number of aliphatic hydroxyl groups is 1. The highest BCUT2D eigenvalue weighted by Crippen LogP contribution is 2.29. The number of nitrogens with zero attached hydrogens (tertiary/aromatic N) is 1. The number of hydrogen-bond donors (Lipinski definition) is 1. The van der Waals surface area contributed by atoms with E-state index < -0.39 is 28.2 Å². The van der Waals surface area contributed by atoms with E-state index in [1.54, 1.807) is 0 Å². The van der Waals surface area contributed by atoms with Gasteiger partial charge < -0.3 is 9.84 Å². The lowest BCUT2D eigenvalue weighted by Gasteiger charge is -2.22. The minimum absolute atomic E-state index is 0.234. The van der Waals surface area contributed by atoms with Crippen LogP contribution in [0.5, 0.6) is 5.75 Å². The van der Waals surface area contributed by atoms with Crippen LogP contribution in [0.4, 0.5) is 13.2 Å². The predicted molar refractivity (Wildman–Crippen MR) is 67.1 cm³/mol. The van der Waals surface area contributed by atoms with Gasteiger partial charge in [-0.25, -0.2) is 8.42 Å². The van der Waals surface area contributed by atoms with Crippen LogP contribution in [0.25, 0.3) is 0 Å². The molecule has 0 amide bonds. The predicted octanol–water partition coefficient (Wildman–Crippen LogP) is 1.73. The van der Waals surface area contributed by atoms with Gasteiger partial charge in [0, 0.05) is 18.7 Å². The number of alkyl halides is 3. The lowest BCUT2D eigenvalue weighted by molar-refractivity contribution is -0.274. The molecule has 1 aromatic rings. The second-order valence-corrected chi connectivity index (χ2v) is 6.51. The van der Waals surface area contributed by atoms with Gasteiger partial charge in [-0.15, -0.1) is 13.2 Å². The summed E-state index contributed by atoms with van der Waals surface area (Å²) in [5.74, 6) is -0.594. The van der Waals surface area contributed by atoms with Crippen LogP contribution in [0, 0.1) is 0 Å². The van der Waals surface area contributed by atoms with E-state index in [0.29, 0.717) is 12.8 Å². The standard InChI is InChI=1S/C12H14F3NO4S/c13-12(14,15)20-10-4-1-5-11(7-10)21(18,19)16-6-2-3-9(16)8-17/h1,4-5,7,9,17H,2-3,6,8H2/t9-/m0/s1. The average molecular weight is 325 g/mol. The van der Waals surface area contributed by atoms with E-state index >= 15 is 0 Å². The van der Waals surface area contributed by atoms with Crippen LogP contribution in [-0.4, -0.2) is 43.4 Å². The first-order valence-corrected chi connectivity index (χ1v) is 7.66. The Morgan fingerprint density at radius 3 is 2.71 bits per heavy atom. The average Bonchev–Trinajstić information content (AvgIpc) is 2.86. The summed E-state index contributed by atoms with van der Waals surface area (Å²) in [5, 5.41) is 9.17. The first kappa shape index (κ1) is 16.1. The molecule has 0 bridgehead atoms. The Bertz CT molecular complexity index is 603. The highest BCUT2D eigenvalue weighted by Gasteiger charge is 2.36. The Morgan fingerprint density at radius 1 is 1.38 bits per heavy atom. The molecule has 0 aliphatic carbocycles. The van der Waals surface area contributed by atoms with Crippen LogP contribution < -0.4 is 4.74 Å². The smallest absolute Gasteiger partial charge is 0.406 e. The number of ether oxygens (including phenoxy) is 1. The van der Waals surface area contributed by atoms with E-state index in [0.717, 1.165) is 16.4 Å². The zero-order chi connectivity index (χ0) is 15.7. The topological polar surface area (TPSA) is 66.8 Å². The fourth-order valence-electron chi connectivity index (χ4n) is 2.28. The molecule has 0 radical (unpaired) electrons. The summed E-state index contributed by atoms with van der Waals surface area (Å²) in [7, 11) is -3.95. The third-order valence-corrected chi connectivity index (χ3v) is 5.13. The van der Waals surface area contributed by atoms with E-state index in [1.807, 2.05) is 0 Å². The quantitative estimate of drug-likeness (QED) is 0.915. The van der Waals surface area contributed by atoms with Gasteiger partial charge in [-0.3, -0.25) is 0 Å². The lowest BCUT2D eigenvalue weighted by Crippen LogP contribution is -2.37. The van der Waals surface area contributed by atoms with Crippen molar-refractivity contribution in [2.75, 3.05) is 13.2 Å². The molecule has 2 rings (SSSR count). The Morgan fingerprint density at radius 2 is 2.10 bits per heavy atom. The zero-order valence-corrected chi connectivity index (χ0v) is 11.7. The summed E-state index contributed by atoms with van der Waals surface area (Å²) < 4.78 is 66.1. The number of rotatable bonds is 4. The monoisotopic (exact) mass is 325 g/mol. The van der Waals surface area contributed by atoms with Crippen molar-refractivity contribution in [1.29, 1.82) is 0 Å². The van der Waals surface area contributed by atoms with Crippen LogP contribution in [0.3, 0.4) is 0 Å². The molecule has 1 fully saturated rings. The Labute approximate surface area is 120 Å². The van der Waals surface area contributed by atoms with Crippen molar-refractivity contribution < 1.29 is 31.4 Å². The normalized spacial score (nSPS) is 20.7. The Hall–Kier alpha value is -1.32. The molecule has 118 valence electrons. The van der Waals surface area contributed by atoms with E-state index in [2.05, 4.69) is 4.74 Å². The van der Waals surface area contributed by atoms with Gasteiger partial charge in [0.05, 0.1) is 11.5 Å². The minimum Gasteiger partial charge on any atom is -0.406 e. The first-order valence-electron chi connectivity index (χ1n) is 6.22. The van der Waals surface area contributed by atoms with Crippen LogP contribution in [0.15, 0.2) is 29.2 Å². The van der Waals surface area contributed by atoms with Gasteiger partial charge in [0.1, 0.15) is 5.75 Å². The largest absolute Gasteiger partial charge is 0.573 e. The third-order valence-electron chi connectivity index (χ3n) is 3.18. The summed E-state index contributed by atoms with van der Waals surface area (Å²) in [6, 6.07) is 3.70. The maximum Gasteiger partial charge on any atom is 0.573 e.